The van der Waals surface area contributed by atoms with Crippen molar-refractivity contribution in [2.75, 3.05) is 0 Å². The Morgan fingerprint density at radius 1 is 0.388 bits per heavy atom. The van der Waals surface area contributed by atoms with Crippen LogP contribution >= 0.6 is 11.3 Å². The largest absolute Gasteiger partial charge is 0.208 e. The van der Waals surface area contributed by atoms with Crippen molar-refractivity contribution in [3.05, 3.63) is 176 Å². The number of hydrogen-bond acceptors (Lipinski definition) is 4. The van der Waals surface area contributed by atoms with Crippen LogP contribution in [0.1, 0.15) is 15.1 Å². The van der Waals surface area contributed by atoms with Crippen molar-refractivity contribution in [1.29, 1.82) is 0 Å². The second kappa shape index (κ2) is 12.4. The van der Waals surface area contributed by atoms with Crippen molar-refractivity contribution in [3.63, 3.8) is 0 Å². The summed E-state index contributed by atoms with van der Waals surface area (Å²) in [5.74, 6) is 0.296. The molecule has 0 aliphatic carbocycles. The van der Waals surface area contributed by atoms with Crippen LogP contribution in [0.25, 0.3) is 87.7 Å². The maximum Gasteiger partial charge on any atom is 0.164 e. The predicted octanol–water partition coefficient (Wildman–Crippen LogP) is 12.2. The minimum atomic E-state index is -0.636. The lowest BCUT2D eigenvalue weighted by Crippen LogP contribution is -2.00. The quantitative estimate of drug-likeness (QED) is 0.179. The maximum absolute atomic E-state index is 9.78. The van der Waals surface area contributed by atoms with E-state index in [0.717, 1.165) is 33.6 Å². The molecule has 0 aliphatic rings. The zero-order chi connectivity index (χ0) is 42.1. The molecule has 49 heavy (non-hydrogen) atoms. The van der Waals surface area contributed by atoms with Gasteiger partial charge in [-0.3, -0.25) is 0 Å². The molecule has 0 saturated carbocycles. The van der Waals surface area contributed by atoms with E-state index < -0.39 is 54.4 Å². The van der Waals surface area contributed by atoms with Crippen molar-refractivity contribution < 1.29 is 15.1 Å². The van der Waals surface area contributed by atoms with E-state index in [2.05, 4.69) is 0 Å². The van der Waals surface area contributed by atoms with Crippen LogP contribution in [0.5, 0.6) is 0 Å². The molecule has 0 atom stereocenters. The van der Waals surface area contributed by atoms with E-state index in [9.17, 15) is 2.74 Å². The maximum atomic E-state index is 9.78. The molecular weight excluding hydrogens is 615 g/mol. The van der Waals surface area contributed by atoms with E-state index in [1.54, 1.807) is 0 Å². The SMILES string of the molecule is [2H]c1c([2H])c([2H])c(-c2c([2H])c(-c3nc(-c4ccc(-c5ccccc5)cc4)nc(-c4ccc(-c5ccccc5)cc4)n3)c([2H])c3c2sc2c([2H])c([2H])c([2H])c([2H])c23)c([2H])c1[2H]. The van der Waals surface area contributed by atoms with Crippen LogP contribution < -0.4 is 0 Å². The van der Waals surface area contributed by atoms with Crippen LogP contribution in [0.4, 0.5) is 0 Å². The average Bonchev–Trinajstić information content (AvgIpc) is 3.69. The topological polar surface area (TPSA) is 38.7 Å². The van der Waals surface area contributed by atoms with Gasteiger partial charge in [0.15, 0.2) is 17.5 Å². The molecule has 2 heterocycles. The van der Waals surface area contributed by atoms with E-state index >= 15 is 0 Å². The van der Waals surface area contributed by atoms with Crippen LogP contribution in [0.15, 0.2) is 176 Å². The molecule has 0 radical (unpaired) electrons. The Bertz CT molecular complexity index is 3060. The highest BCUT2D eigenvalue weighted by Crippen LogP contribution is 2.42. The van der Waals surface area contributed by atoms with Gasteiger partial charge in [-0.05, 0) is 45.9 Å². The van der Waals surface area contributed by atoms with Gasteiger partial charge in [-0.1, -0.05) is 158 Å². The number of hydrogen-bond donors (Lipinski definition) is 0. The number of rotatable bonds is 6. The van der Waals surface area contributed by atoms with Gasteiger partial charge < -0.3 is 0 Å². The zero-order valence-corrected chi connectivity index (χ0v) is 26.5. The third-order valence-corrected chi connectivity index (χ3v) is 9.29. The molecule has 0 bridgehead atoms. The normalized spacial score (nSPS) is 14.4. The molecule has 2 aromatic heterocycles. The Morgan fingerprint density at radius 2 is 0.857 bits per heavy atom. The van der Waals surface area contributed by atoms with Crippen molar-refractivity contribution in [1.82, 2.24) is 15.0 Å². The first-order valence-corrected chi connectivity index (χ1v) is 16.3. The summed E-state index contributed by atoms with van der Waals surface area (Å²) in [6, 6.07) is 29.2. The zero-order valence-electron chi connectivity index (χ0n) is 36.6. The monoisotopic (exact) mass is 654 g/mol. The number of thiophene rings is 1. The van der Waals surface area contributed by atoms with E-state index in [0.29, 0.717) is 11.1 Å². The molecule has 0 amide bonds. The van der Waals surface area contributed by atoms with Gasteiger partial charge in [-0.2, -0.15) is 0 Å². The minimum absolute atomic E-state index is 0.00312. The average molecular weight is 655 g/mol. The van der Waals surface area contributed by atoms with Crippen LogP contribution in [-0.2, 0) is 0 Å². The molecule has 0 fully saturated rings. The summed E-state index contributed by atoms with van der Waals surface area (Å²) in [5.41, 5.74) is 4.47. The number of aromatic nitrogens is 3. The summed E-state index contributed by atoms with van der Waals surface area (Å²) < 4.78 is 97.4. The van der Waals surface area contributed by atoms with Crippen molar-refractivity contribution >= 4 is 31.5 Å². The Hall–Kier alpha value is -6.23. The van der Waals surface area contributed by atoms with E-state index in [-0.39, 0.29) is 66.4 Å². The van der Waals surface area contributed by atoms with Crippen LogP contribution in [-0.4, -0.2) is 15.0 Å². The summed E-state index contributed by atoms with van der Waals surface area (Å²) in [5, 5.41) is 0.0149. The second-order valence-electron chi connectivity index (χ2n) is 11.2. The Labute approximate surface area is 304 Å². The van der Waals surface area contributed by atoms with Gasteiger partial charge in [0.2, 0.25) is 0 Å². The lowest BCUT2D eigenvalue weighted by molar-refractivity contribution is 1.07. The number of fused-ring (bicyclic) bond motifs is 3. The molecule has 230 valence electrons. The molecule has 0 spiro atoms. The van der Waals surface area contributed by atoms with Gasteiger partial charge in [0.25, 0.3) is 0 Å². The molecule has 0 N–H and O–H groups in total. The van der Waals surface area contributed by atoms with Gasteiger partial charge in [0.1, 0.15) is 0 Å². The summed E-state index contributed by atoms with van der Waals surface area (Å²) in [4.78, 5) is 14.6. The first-order valence-electron chi connectivity index (χ1n) is 21.0. The highest BCUT2D eigenvalue weighted by atomic mass is 32.1. The molecular formula is C45H29N3S. The smallest absolute Gasteiger partial charge is 0.164 e. The first kappa shape index (κ1) is 19.6. The number of nitrogens with zero attached hydrogens (tertiary/aromatic N) is 3. The third-order valence-electron chi connectivity index (χ3n) is 8.17. The summed E-state index contributed by atoms with van der Waals surface area (Å²) in [7, 11) is 0. The Balaban J connectivity index is 1.36. The van der Waals surface area contributed by atoms with Crippen LogP contribution in [0, 0.1) is 0 Å². The molecule has 3 nitrogen and oxygen atoms in total. The minimum Gasteiger partial charge on any atom is -0.208 e. The fourth-order valence-electron chi connectivity index (χ4n) is 5.75. The molecule has 0 saturated heterocycles. The van der Waals surface area contributed by atoms with Gasteiger partial charge in [-0.15, -0.1) is 11.3 Å². The molecule has 0 unspecified atom stereocenters. The Morgan fingerprint density at radius 3 is 1.43 bits per heavy atom. The van der Waals surface area contributed by atoms with E-state index in [1.165, 1.54) is 0 Å². The van der Waals surface area contributed by atoms with E-state index in [1.807, 2.05) is 109 Å². The van der Waals surface area contributed by atoms with Crippen molar-refractivity contribution in [3.8, 4) is 67.5 Å². The molecule has 7 aromatic carbocycles. The second-order valence-corrected chi connectivity index (χ2v) is 12.2. The fraction of sp³-hybridized carbons (Fsp3) is 0. The van der Waals surface area contributed by atoms with Gasteiger partial charge in [-0.25, -0.2) is 15.0 Å². The van der Waals surface area contributed by atoms with Gasteiger partial charge in [0.05, 0.1) is 15.1 Å². The van der Waals surface area contributed by atoms with Crippen LogP contribution in [0.2, 0.25) is 0 Å². The van der Waals surface area contributed by atoms with Crippen molar-refractivity contribution in [2.24, 2.45) is 0 Å². The summed E-state index contributed by atoms with van der Waals surface area (Å²) in [6.07, 6.45) is 0. The highest BCUT2D eigenvalue weighted by molar-refractivity contribution is 7.26. The standard InChI is InChI=1S/C45H29N3S/c1-4-12-30(13-5-1)32-20-24-35(25-21-32)43-46-44(36-26-22-33(23-27-36)31-14-6-2-7-15-31)48-45(47-43)37-28-39(34-16-8-3-9-17-34)42-40(29-37)38-18-10-11-19-41(38)49-42/h1-29H/i3D,8D,9D,10D,11D,16D,17D,18D,19D,28D,29D. The predicted molar refractivity (Wildman–Crippen MR) is 205 cm³/mol. The Kier molecular flexibility index (Phi) is 4.96. The lowest BCUT2D eigenvalue weighted by Gasteiger charge is -2.12. The lowest BCUT2D eigenvalue weighted by atomic mass is 9.99. The van der Waals surface area contributed by atoms with Crippen LogP contribution in [0.3, 0.4) is 0 Å². The molecule has 4 heteroatoms. The fourth-order valence-corrected chi connectivity index (χ4v) is 6.82. The van der Waals surface area contributed by atoms with Gasteiger partial charge in [0, 0.05) is 42.4 Å². The van der Waals surface area contributed by atoms with Crippen molar-refractivity contribution in [2.45, 2.75) is 0 Å². The first-order chi connectivity index (χ1) is 28.8. The number of benzene rings is 7. The molecule has 9 rings (SSSR count). The molecule has 9 aromatic rings. The molecule has 0 aliphatic heterocycles. The van der Waals surface area contributed by atoms with E-state index in [4.69, 9.17) is 27.3 Å². The summed E-state index contributed by atoms with van der Waals surface area (Å²) >= 11 is 0.871. The highest BCUT2D eigenvalue weighted by Gasteiger charge is 2.17. The summed E-state index contributed by atoms with van der Waals surface area (Å²) in [6.45, 7) is 0. The van der Waals surface area contributed by atoms with Gasteiger partial charge >= 0.3 is 0 Å². The third kappa shape index (κ3) is 5.58.